The van der Waals surface area contributed by atoms with Crippen LogP contribution in [0.25, 0.3) is 0 Å². The third kappa shape index (κ3) is 2.43. The van der Waals surface area contributed by atoms with Crippen LogP contribution in [0.15, 0.2) is 6.33 Å². The fourth-order valence-corrected chi connectivity index (χ4v) is 2.16. The molecule has 0 aliphatic heterocycles. The molecule has 1 N–H and O–H groups in total. The Bertz CT molecular complexity index is 344. The summed E-state index contributed by atoms with van der Waals surface area (Å²) in [7, 11) is 0. The van der Waals surface area contributed by atoms with Crippen molar-refractivity contribution in [1.82, 2.24) is 14.8 Å². The predicted molar refractivity (Wildman–Crippen MR) is 62.0 cm³/mol. The van der Waals surface area contributed by atoms with Gasteiger partial charge >= 0.3 is 0 Å². The van der Waals surface area contributed by atoms with Crippen LogP contribution in [0.2, 0.25) is 0 Å². The second kappa shape index (κ2) is 4.53. The summed E-state index contributed by atoms with van der Waals surface area (Å²) in [5.74, 6) is 2.01. The average molecular weight is 223 g/mol. The maximum absolute atomic E-state index is 10.1. The lowest BCUT2D eigenvalue weighted by Crippen LogP contribution is -2.24. The topological polar surface area (TPSA) is 50.9 Å². The van der Waals surface area contributed by atoms with Crippen LogP contribution in [0.3, 0.4) is 0 Å². The fraction of sp³-hybridized carbons (Fsp3) is 0.833. The van der Waals surface area contributed by atoms with Gasteiger partial charge in [-0.15, -0.1) is 0 Å². The lowest BCUT2D eigenvalue weighted by molar-refractivity contribution is 0.102. The van der Waals surface area contributed by atoms with E-state index in [-0.39, 0.29) is 6.10 Å². The number of rotatable bonds is 5. The molecule has 0 aromatic carbocycles. The van der Waals surface area contributed by atoms with Crippen LogP contribution in [0.1, 0.15) is 45.5 Å². The first-order chi connectivity index (χ1) is 7.59. The van der Waals surface area contributed by atoms with Gasteiger partial charge in [-0.3, -0.25) is 0 Å². The van der Waals surface area contributed by atoms with E-state index in [9.17, 15) is 5.11 Å². The Hall–Kier alpha value is -0.900. The van der Waals surface area contributed by atoms with Gasteiger partial charge in [-0.05, 0) is 38.5 Å². The molecule has 0 bridgehead atoms. The molecule has 2 rings (SSSR count). The summed E-state index contributed by atoms with van der Waals surface area (Å²) in [4.78, 5) is 4.23. The summed E-state index contributed by atoms with van der Waals surface area (Å²) in [6.07, 6.45) is 4.46. The van der Waals surface area contributed by atoms with Crippen LogP contribution in [0.5, 0.6) is 0 Å². The largest absolute Gasteiger partial charge is 0.392 e. The number of nitrogens with zero attached hydrogens (tertiary/aromatic N) is 3. The zero-order valence-corrected chi connectivity index (χ0v) is 10.3. The van der Waals surface area contributed by atoms with Gasteiger partial charge in [-0.1, -0.05) is 6.92 Å². The molecule has 0 spiro atoms. The van der Waals surface area contributed by atoms with E-state index < -0.39 is 0 Å². The number of aromatic nitrogens is 3. The monoisotopic (exact) mass is 223 g/mol. The average Bonchev–Trinajstić information content (AvgIpc) is 2.97. The van der Waals surface area contributed by atoms with Crippen LogP contribution in [0, 0.1) is 11.8 Å². The van der Waals surface area contributed by atoms with Gasteiger partial charge in [0.15, 0.2) is 0 Å². The Morgan fingerprint density at radius 2 is 2.12 bits per heavy atom. The first-order valence-corrected chi connectivity index (χ1v) is 6.16. The molecule has 4 nitrogen and oxygen atoms in total. The molecule has 90 valence electrons. The molecule has 1 aliphatic rings. The van der Waals surface area contributed by atoms with E-state index in [2.05, 4.69) is 30.9 Å². The summed E-state index contributed by atoms with van der Waals surface area (Å²) in [5.41, 5.74) is 0. The van der Waals surface area contributed by atoms with Crippen LogP contribution in [0.4, 0.5) is 0 Å². The highest BCUT2D eigenvalue weighted by atomic mass is 16.3. The van der Waals surface area contributed by atoms with Crippen molar-refractivity contribution in [1.29, 1.82) is 0 Å². The second-order valence-electron chi connectivity index (χ2n) is 5.18. The minimum atomic E-state index is -0.283. The molecule has 0 radical (unpaired) electrons. The van der Waals surface area contributed by atoms with Crippen molar-refractivity contribution < 1.29 is 5.11 Å². The van der Waals surface area contributed by atoms with Crippen molar-refractivity contribution in [3.8, 4) is 0 Å². The molecule has 1 fully saturated rings. The molecule has 1 saturated carbocycles. The first kappa shape index (κ1) is 11.6. The van der Waals surface area contributed by atoms with Gasteiger partial charge in [0.25, 0.3) is 0 Å². The van der Waals surface area contributed by atoms with E-state index in [1.807, 2.05) is 4.68 Å². The molecule has 1 aromatic rings. The quantitative estimate of drug-likeness (QED) is 0.828. The Morgan fingerprint density at radius 3 is 2.69 bits per heavy atom. The number of hydrogen-bond acceptors (Lipinski definition) is 3. The summed E-state index contributed by atoms with van der Waals surface area (Å²) in [6.45, 7) is 6.29. The summed E-state index contributed by atoms with van der Waals surface area (Å²) in [5, 5.41) is 14.3. The van der Waals surface area contributed by atoms with Crippen molar-refractivity contribution in [2.45, 2.75) is 52.2 Å². The molecule has 16 heavy (non-hydrogen) atoms. The minimum Gasteiger partial charge on any atom is -0.392 e. The molecule has 1 aliphatic carbocycles. The summed E-state index contributed by atoms with van der Waals surface area (Å²) < 4.78 is 1.89. The van der Waals surface area contributed by atoms with Crippen LogP contribution < -0.4 is 0 Å². The minimum absolute atomic E-state index is 0.283. The van der Waals surface area contributed by atoms with Crippen LogP contribution >= 0.6 is 0 Å². The predicted octanol–water partition coefficient (Wildman–Crippen LogP) is 1.81. The first-order valence-electron chi connectivity index (χ1n) is 6.16. The van der Waals surface area contributed by atoms with E-state index in [1.54, 1.807) is 6.33 Å². The number of hydrogen-bond donors (Lipinski definition) is 1. The zero-order valence-electron chi connectivity index (χ0n) is 10.3. The Morgan fingerprint density at radius 1 is 1.44 bits per heavy atom. The zero-order chi connectivity index (χ0) is 11.7. The SMILES string of the molecule is CC(C(O)Cc1ncnn1C(C)C)C1CC1. The molecule has 2 unspecified atom stereocenters. The molecule has 2 atom stereocenters. The maximum Gasteiger partial charge on any atom is 0.138 e. The van der Waals surface area contributed by atoms with Crippen molar-refractivity contribution in [2.75, 3.05) is 0 Å². The van der Waals surface area contributed by atoms with Gasteiger partial charge in [-0.25, -0.2) is 9.67 Å². The van der Waals surface area contributed by atoms with Crippen LogP contribution in [-0.4, -0.2) is 26.0 Å². The van der Waals surface area contributed by atoms with Gasteiger partial charge in [0.2, 0.25) is 0 Å². The highest BCUT2D eigenvalue weighted by Gasteiger charge is 2.33. The van der Waals surface area contributed by atoms with E-state index in [0.717, 1.165) is 11.7 Å². The Balaban J connectivity index is 1.99. The van der Waals surface area contributed by atoms with Gasteiger partial charge in [-0.2, -0.15) is 5.10 Å². The molecule has 0 saturated heterocycles. The van der Waals surface area contributed by atoms with Gasteiger partial charge in [0.1, 0.15) is 12.2 Å². The Labute approximate surface area is 96.7 Å². The van der Waals surface area contributed by atoms with Crippen molar-refractivity contribution in [2.24, 2.45) is 11.8 Å². The highest BCUT2D eigenvalue weighted by molar-refractivity contribution is 4.93. The standard InChI is InChI=1S/C12H21N3O/c1-8(2)15-12(13-7-14-15)6-11(16)9(3)10-4-5-10/h7-11,16H,4-6H2,1-3H3. The van der Waals surface area contributed by atoms with Gasteiger partial charge < -0.3 is 5.11 Å². The Kier molecular flexibility index (Phi) is 3.28. The number of aliphatic hydroxyl groups is 1. The highest BCUT2D eigenvalue weighted by Crippen LogP contribution is 2.38. The molecule has 0 amide bonds. The van der Waals surface area contributed by atoms with E-state index in [0.29, 0.717) is 18.4 Å². The number of aliphatic hydroxyl groups excluding tert-OH is 1. The van der Waals surface area contributed by atoms with Crippen molar-refractivity contribution in [3.63, 3.8) is 0 Å². The van der Waals surface area contributed by atoms with E-state index in [4.69, 9.17) is 0 Å². The lowest BCUT2D eigenvalue weighted by atomic mass is 9.96. The van der Waals surface area contributed by atoms with Gasteiger partial charge in [0.05, 0.1) is 6.10 Å². The van der Waals surface area contributed by atoms with Gasteiger partial charge in [0, 0.05) is 12.5 Å². The summed E-state index contributed by atoms with van der Waals surface area (Å²) >= 11 is 0. The fourth-order valence-electron chi connectivity index (χ4n) is 2.16. The molecule has 1 aromatic heterocycles. The molecule has 4 heteroatoms. The summed E-state index contributed by atoms with van der Waals surface area (Å²) in [6, 6.07) is 0.306. The van der Waals surface area contributed by atoms with E-state index in [1.165, 1.54) is 12.8 Å². The second-order valence-corrected chi connectivity index (χ2v) is 5.18. The normalized spacial score (nSPS) is 20.1. The van der Waals surface area contributed by atoms with E-state index >= 15 is 0 Å². The molecular formula is C12H21N3O. The smallest absolute Gasteiger partial charge is 0.138 e. The lowest BCUT2D eigenvalue weighted by Gasteiger charge is -2.18. The molecule has 1 heterocycles. The van der Waals surface area contributed by atoms with Crippen molar-refractivity contribution >= 4 is 0 Å². The third-order valence-electron chi connectivity index (χ3n) is 3.50. The van der Waals surface area contributed by atoms with Crippen molar-refractivity contribution in [3.05, 3.63) is 12.2 Å². The maximum atomic E-state index is 10.1. The molecular weight excluding hydrogens is 202 g/mol. The van der Waals surface area contributed by atoms with Crippen LogP contribution in [-0.2, 0) is 6.42 Å². The third-order valence-corrected chi connectivity index (χ3v) is 3.50.